The highest BCUT2D eigenvalue weighted by Gasteiger charge is 2.27. The number of nitrogens with one attached hydrogen (secondary N) is 1. The van der Waals surface area contributed by atoms with E-state index in [2.05, 4.69) is 26.5 Å². The Kier molecular flexibility index (Phi) is 7.66. The highest BCUT2D eigenvalue weighted by molar-refractivity contribution is 9.10. The van der Waals surface area contributed by atoms with Gasteiger partial charge in [-0.05, 0) is 49.4 Å². The number of amides is 1. The third-order valence-electron chi connectivity index (χ3n) is 4.55. The molecule has 7 nitrogen and oxygen atoms in total. The minimum atomic E-state index is -4.01. The van der Waals surface area contributed by atoms with E-state index in [9.17, 15) is 13.2 Å². The minimum Gasteiger partial charge on any atom is -0.497 e. The van der Waals surface area contributed by atoms with Gasteiger partial charge >= 0.3 is 0 Å². The van der Waals surface area contributed by atoms with Crippen LogP contribution in [0.15, 0.2) is 87.3 Å². The molecule has 3 aromatic carbocycles. The lowest BCUT2D eigenvalue weighted by Gasteiger charge is -2.24. The van der Waals surface area contributed by atoms with Crippen LogP contribution in [0.2, 0.25) is 0 Å². The Morgan fingerprint density at radius 1 is 1.06 bits per heavy atom. The van der Waals surface area contributed by atoms with Gasteiger partial charge in [-0.3, -0.25) is 9.10 Å². The SMILES string of the molecule is COc1ccc(S(=O)(=O)N(CC(=O)N/N=C\c2ccccc2Br)c2ccc(C)cc2)cc1. The zero-order chi connectivity index (χ0) is 23.1. The summed E-state index contributed by atoms with van der Waals surface area (Å²) in [7, 11) is -2.51. The van der Waals surface area contributed by atoms with Gasteiger partial charge < -0.3 is 4.74 Å². The maximum Gasteiger partial charge on any atom is 0.264 e. The number of hydrogen-bond acceptors (Lipinski definition) is 5. The van der Waals surface area contributed by atoms with Gasteiger partial charge in [0, 0.05) is 10.0 Å². The zero-order valence-electron chi connectivity index (χ0n) is 17.5. The summed E-state index contributed by atoms with van der Waals surface area (Å²) in [6.07, 6.45) is 1.48. The van der Waals surface area contributed by atoms with Gasteiger partial charge in [0.2, 0.25) is 0 Å². The number of sulfonamides is 1. The Labute approximate surface area is 195 Å². The van der Waals surface area contributed by atoms with Gasteiger partial charge in [0.25, 0.3) is 15.9 Å². The van der Waals surface area contributed by atoms with Crippen molar-refractivity contribution in [3.63, 3.8) is 0 Å². The molecule has 1 amide bonds. The summed E-state index contributed by atoms with van der Waals surface area (Å²) in [5.74, 6) is -0.0454. The van der Waals surface area contributed by atoms with Gasteiger partial charge in [-0.15, -0.1) is 0 Å². The number of ether oxygens (including phenoxy) is 1. The number of aryl methyl sites for hydroxylation is 1. The van der Waals surface area contributed by atoms with E-state index in [1.807, 2.05) is 31.2 Å². The lowest BCUT2D eigenvalue weighted by Crippen LogP contribution is -2.39. The average molecular weight is 516 g/mol. The van der Waals surface area contributed by atoms with Crippen LogP contribution in [0.25, 0.3) is 0 Å². The van der Waals surface area contributed by atoms with Crippen molar-refractivity contribution in [2.75, 3.05) is 18.0 Å². The normalized spacial score (nSPS) is 11.3. The first-order chi connectivity index (χ1) is 15.3. The molecule has 0 saturated carbocycles. The average Bonchev–Trinajstić information content (AvgIpc) is 2.79. The van der Waals surface area contributed by atoms with E-state index in [4.69, 9.17) is 4.74 Å². The van der Waals surface area contributed by atoms with E-state index in [0.717, 1.165) is 19.9 Å². The van der Waals surface area contributed by atoms with Crippen LogP contribution < -0.4 is 14.5 Å². The van der Waals surface area contributed by atoms with Gasteiger partial charge in [0.1, 0.15) is 12.3 Å². The number of methoxy groups -OCH3 is 1. The Bertz CT molecular complexity index is 1210. The molecule has 0 unspecified atom stereocenters. The molecule has 3 aromatic rings. The quantitative estimate of drug-likeness (QED) is 0.361. The Balaban J connectivity index is 1.85. The summed E-state index contributed by atoms with van der Waals surface area (Å²) in [5, 5.41) is 3.95. The minimum absolute atomic E-state index is 0.0448. The number of benzene rings is 3. The van der Waals surface area contributed by atoms with Crippen LogP contribution >= 0.6 is 15.9 Å². The van der Waals surface area contributed by atoms with Gasteiger partial charge in [0.05, 0.1) is 23.9 Å². The van der Waals surface area contributed by atoms with E-state index in [1.165, 1.54) is 25.5 Å². The van der Waals surface area contributed by atoms with Crippen LogP contribution in [0.4, 0.5) is 5.69 Å². The predicted octanol–water partition coefficient (Wildman–Crippen LogP) is 4.11. The van der Waals surface area contributed by atoms with E-state index >= 15 is 0 Å². The summed E-state index contributed by atoms with van der Waals surface area (Å²) in [6, 6.07) is 20.3. The Morgan fingerprint density at radius 3 is 2.34 bits per heavy atom. The monoisotopic (exact) mass is 515 g/mol. The molecule has 0 atom stereocenters. The fourth-order valence-corrected chi connectivity index (χ4v) is 4.63. The van der Waals surface area contributed by atoms with Gasteiger partial charge in [-0.1, -0.05) is 51.8 Å². The first kappa shape index (κ1) is 23.5. The second-order valence-electron chi connectivity index (χ2n) is 6.84. The van der Waals surface area contributed by atoms with Crippen molar-refractivity contribution in [2.45, 2.75) is 11.8 Å². The van der Waals surface area contributed by atoms with Crippen molar-refractivity contribution in [1.82, 2.24) is 5.43 Å². The number of carbonyl (C=O) groups excluding carboxylic acids is 1. The Morgan fingerprint density at radius 2 is 1.72 bits per heavy atom. The van der Waals surface area contributed by atoms with Gasteiger partial charge in [-0.2, -0.15) is 5.10 Å². The van der Waals surface area contributed by atoms with Crippen LogP contribution in [0.5, 0.6) is 5.75 Å². The molecule has 0 aliphatic heterocycles. The second kappa shape index (κ2) is 10.4. The molecule has 0 heterocycles. The largest absolute Gasteiger partial charge is 0.497 e. The molecule has 0 aliphatic carbocycles. The van der Waals surface area contributed by atoms with Crippen LogP contribution in [0.3, 0.4) is 0 Å². The molecule has 0 aromatic heterocycles. The van der Waals surface area contributed by atoms with E-state index in [1.54, 1.807) is 36.4 Å². The highest BCUT2D eigenvalue weighted by Crippen LogP contribution is 2.25. The maximum atomic E-state index is 13.4. The lowest BCUT2D eigenvalue weighted by atomic mass is 10.2. The number of hydrogen-bond donors (Lipinski definition) is 1. The smallest absolute Gasteiger partial charge is 0.264 e. The maximum absolute atomic E-state index is 13.4. The van der Waals surface area contributed by atoms with Crippen LogP contribution in [0.1, 0.15) is 11.1 Å². The molecule has 32 heavy (non-hydrogen) atoms. The molecule has 0 saturated heterocycles. The third kappa shape index (κ3) is 5.74. The first-order valence-electron chi connectivity index (χ1n) is 9.61. The first-order valence-corrected chi connectivity index (χ1v) is 11.8. The lowest BCUT2D eigenvalue weighted by molar-refractivity contribution is -0.119. The fraction of sp³-hybridized carbons (Fsp3) is 0.130. The van der Waals surface area contributed by atoms with E-state index in [0.29, 0.717) is 11.4 Å². The third-order valence-corrected chi connectivity index (χ3v) is 7.06. The molecule has 9 heteroatoms. The molecular formula is C23H22BrN3O4S. The standard InChI is InChI=1S/C23H22BrN3O4S/c1-17-7-9-19(10-8-17)27(32(29,30)21-13-11-20(31-2)12-14-21)16-23(28)26-25-15-18-5-3-4-6-22(18)24/h3-15H,16H2,1-2H3,(H,26,28)/b25-15-. The van der Waals surface area contributed by atoms with Crippen LogP contribution in [-0.4, -0.2) is 34.2 Å². The zero-order valence-corrected chi connectivity index (χ0v) is 19.9. The molecule has 0 bridgehead atoms. The van der Waals surface area contributed by atoms with Crippen molar-refractivity contribution >= 4 is 43.8 Å². The molecule has 1 N–H and O–H groups in total. The Hall–Kier alpha value is -3.17. The topological polar surface area (TPSA) is 88.1 Å². The summed E-state index contributed by atoms with van der Waals surface area (Å²) < 4.78 is 33.7. The van der Waals surface area contributed by atoms with E-state index < -0.39 is 22.5 Å². The molecule has 166 valence electrons. The van der Waals surface area contributed by atoms with Crippen molar-refractivity contribution in [3.8, 4) is 5.75 Å². The molecule has 0 spiro atoms. The van der Waals surface area contributed by atoms with Gasteiger partial charge in [-0.25, -0.2) is 13.8 Å². The fourth-order valence-electron chi connectivity index (χ4n) is 2.82. The second-order valence-corrected chi connectivity index (χ2v) is 9.55. The number of rotatable bonds is 8. The van der Waals surface area contributed by atoms with Crippen molar-refractivity contribution in [3.05, 3.63) is 88.4 Å². The van der Waals surface area contributed by atoms with Crippen LogP contribution in [-0.2, 0) is 14.8 Å². The number of hydrazone groups is 1. The van der Waals surface area contributed by atoms with Crippen molar-refractivity contribution < 1.29 is 17.9 Å². The molecule has 3 rings (SSSR count). The summed E-state index contributed by atoms with van der Waals surface area (Å²) in [6.45, 7) is 1.46. The van der Waals surface area contributed by atoms with Crippen molar-refractivity contribution in [2.24, 2.45) is 5.10 Å². The van der Waals surface area contributed by atoms with Crippen molar-refractivity contribution in [1.29, 1.82) is 0 Å². The van der Waals surface area contributed by atoms with Crippen LogP contribution in [0, 0.1) is 6.92 Å². The van der Waals surface area contributed by atoms with Gasteiger partial charge in [0.15, 0.2) is 0 Å². The molecule has 0 aliphatic rings. The number of nitrogens with zero attached hydrogens (tertiary/aromatic N) is 2. The number of halogens is 1. The van der Waals surface area contributed by atoms with E-state index in [-0.39, 0.29) is 4.90 Å². The molecule has 0 radical (unpaired) electrons. The highest BCUT2D eigenvalue weighted by atomic mass is 79.9. The summed E-state index contributed by atoms with van der Waals surface area (Å²) >= 11 is 3.40. The molecule has 0 fully saturated rings. The number of carbonyl (C=O) groups is 1. The summed E-state index contributed by atoms with van der Waals surface area (Å²) in [4.78, 5) is 12.6. The molecular weight excluding hydrogens is 494 g/mol. The predicted molar refractivity (Wildman–Crippen MR) is 129 cm³/mol. The number of anilines is 1. The summed E-state index contributed by atoms with van der Waals surface area (Å²) in [5.41, 5.74) is 4.51.